The lowest BCUT2D eigenvalue weighted by Crippen LogP contribution is -2.43. The van der Waals surface area contributed by atoms with Gasteiger partial charge >= 0.3 is 0 Å². The highest BCUT2D eigenvalue weighted by Crippen LogP contribution is 2.27. The van der Waals surface area contributed by atoms with Gasteiger partial charge < -0.3 is 14.4 Å². The van der Waals surface area contributed by atoms with Gasteiger partial charge in [-0.2, -0.15) is 0 Å². The number of methoxy groups -OCH3 is 2. The molecule has 1 aliphatic rings. The summed E-state index contributed by atoms with van der Waals surface area (Å²) in [6.07, 6.45) is 3.03. The van der Waals surface area contributed by atoms with Gasteiger partial charge in [0.15, 0.2) is 0 Å². The molecule has 1 aromatic rings. The van der Waals surface area contributed by atoms with E-state index in [4.69, 9.17) is 9.47 Å². The number of rotatable bonds is 6. The average Bonchev–Trinajstić information content (AvgIpc) is 2.56. The molecule has 0 spiro atoms. The van der Waals surface area contributed by atoms with Crippen molar-refractivity contribution in [2.24, 2.45) is 5.92 Å². The second-order valence-corrected chi connectivity index (χ2v) is 5.98. The second kappa shape index (κ2) is 8.18. The highest BCUT2D eigenvalue weighted by atomic mass is 16.5. The maximum Gasteiger partial charge on any atom is 0.230 e. The molecule has 1 amide bonds. The van der Waals surface area contributed by atoms with Crippen LogP contribution in [-0.2, 0) is 9.53 Å². The number of nitrogens with zero attached hydrogens (tertiary/aromatic N) is 1. The predicted octanol–water partition coefficient (Wildman–Crippen LogP) is 3.07. The minimum atomic E-state index is -0.0628. The van der Waals surface area contributed by atoms with E-state index in [0.29, 0.717) is 5.92 Å². The number of carbonyl (C=O) groups is 1. The number of ether oxygens (including phenoxy) is 2. The van der Waals surface area contributed by atoms with E-state index in [-0.39, 0.29) is 11.8 Å². The van der Waals surface area contributed by atoms with Crippen LogP contribution in [-0.4, -0.2) is 44.7 Å². The first-order chi connectivity index (χ1) is 10.7. The van der Waals surface area contributed by atoms with Gasteiger partial charge in [0, 0.05) is 20.2 Å². The Bertz CT molecular complexity index is 470. The third kappa shape index (κ3) is 4.01. The van der Waals surface area contributed by atoms with Crippen molar-refractivity contribution in [2.75, 3.05) is 33.9 Å². The summed E-state index contributed by atoms with van der Waals surface area (Å²) in [5.74, 6) is 1.47. The zero-order valence-corrected chi connectivity index (χ0v) is 13.9. The fraction of sp³-hybridized carbons (Fsp3) is 0.611. The number of hydrogen-bond acceptors (Lipinski definition) is 3. The molecule has 1 saturated heterocycles. The average molecular weight is 305 g/mol. The van der Waals surface area contributed by atoms with E-state index in [9.17, 15) is 4.79 Å². The first-order valence-corrected chi connectivity index (χ1v) is 8.11. The van der Waals surface area contributed by atoms with Crippen LogP contribution in [0.3, 0.4) is 0 Å². The van der Waals surface area contributed by atoms with Gasteiger partial charge in [-0.1, -0.05) is 19.1 Å². The highest BCUT2D eigenvalue weighted by molar-refractivity contribution is 5.83. The third-order valence-electron chi connectivity index (χ3n) is 4.46. The van der Waals surface area contributed by atoms with E-state index in [0.717, 1.165) is 50.3 Å². The molecule has 1 aromatic carbocycles. The molecule has 0 aliphatic carbocycles. The van der Waals surface area contributed by atoms with E-state index in [1.54, 1.807) is 14.2 Å². The lowest BCUT2D eigenvalue weighted by atomic mass is 9.92. The summed E-state index contributed by atoms with van der Waals surface area (Å²) in [4.78, 5) is 14.9. The summed E-state index contributed by atoms with van der Waals surface area (Å²) in [7, 11) is 3.38. The first kappa shape index (κ1) is 16.8. The number of carbonyl (C=O) groups excluding carboxylic acids is 1. The van der Waals surface area contributed by atoms with Gasteiger partial charge in [-0.25, -0.2) is 0 Å². The molecule has 22 heavy (non-hydrogen) atoms. The highest BCUT2D eigenvalue weighted by Gasteiger charge is 2.28. The molecule has 1 heterocycles. The monoisotopic (exact) mass is 305 g/mol. The molecular formula is C18H27NO3. The summed E-state index contributed by atoms with van der Waals surface area (Å²) in [5.41, 5.74) is 1.07. The number of piperidine rings is 1. The van der Waals surface area contributed by atoms with Crippen LogP contribution < -0.4 is 4.74 Å². The van der Waals surface area contributed by atoms with Crippen LogP contribution in [0.15, 0.2) is 24.3 Å². The van der Waals surface area contributed by atoms with Crippen LogP contribution in [0.5, 0.6) is 5.75 Å². The fourth-order valence-electron chi connectivity index (χ4n) is 3.25. The predicted molar refractivity (Wildman–Crippen MR) is 87.2 cm³/mol. The van der Waals surface area contributed by atoms with Crippen molar-refractivity contribution in [2.45, 2.75) is 32.1 Å². The van der Waals surface area contributed by atoms with Crippen LogP contribution in [0.1, 0.15) is 37.7 Å². The smallest absolute Gasteiger partial charge is 0.230 e. The van der Waals surface area contributed by atoms with Gasteiger partial charge in [-0.05, 0) is 42.9 Å². The zero-order valence-electron chi connectivity index (χ0n) is 13.9. The first-order valence-electron chi connectivity index (χ1n) is 8.11. The van der Waals surface area contributed by atoms with E-state index < -0.39 is 0 Å². The summed E-state index contributed by atoms with van der Waals surface area (Å²) >= 11 is 0. The molecule has 0 radical (unpaired) electrons. The van der Waals surface area contributed by atoms with Gasteiger partial charge in [-0.3, -0.25) is 4.79 Å². The van der Waals surface area contributed by atoms with E-state index in [1.165, 1.54) is 0 Å². The van der Waals surface area contributed by atoms with E-state index in [1.807, 2.05) is 29.2 Å². The van der Waals surface area contributed by atoms with Gasteiger partial charge in [0.2, 0.25) is 5.91 Å². The molecule has 122 valence electrons. The summed E-state index contributed by atoms with van der Waals surface area (Å²) in [6, 6.07) is 7.85. The molecule has 0 bridgehead atoms. The number of benzene rings is 1. The molecule has 1 fully saturated rings. The summed E-state index contributed by atoms with van der Waals surface area (Å²) in [5, 5.41) is 0. The van der Waals surface area contributed by atoms with Crippen molar-refractivity contribution in [3.8, 4) is 5.75 Å². The molecular weight excluding hydrogens is 278 g/mol. The minimum Gasteiger partial charge on any atom is -0.497 e. The van der Waals surface area contributed by atoms with Crippen molar-refractivity contribution < 1.29 is 14.3 Å². The van der Waals surface area contributed by atoms with Crippen molar-refractivity contribution >= 4 is 5.91 Å². The van der Waals surface area contributed by atoms with Crippen LogP contribution >= 0.6 is 0 Å². The Morgan fingerprint density at radius 2 is 2.05 bits per heavy atom. The van der Waals surface area contributed by atoms with Crippen LogP contribution in [0.2, 0.25) is 0 Å². The molecule has 0 aromatic heterocycles. The molecule has 0 saturated carbocycles. The number of likely N-dealkylation sites (tertiary alicyclic amines) is 1. The lowest BCUT2D eigenvalue weighted by Gasteiger charge is -2.34. The maximum atomic E-state index is 12.9. The summed E-state index contributed by atoms with van der Waals surface area (Å²) in [6.45, 7) is 4.50. The van der Waals surface area contributed by atoms with Crippen molar-refractivity contribution in [3.05, 3.63) is 29.8 Å². The van der Waals surface area contributed by atoms with Crippen LogP contribution in [0.25, 0.3) is 0 Å². The molecule has 0 unspecified atom stereocenters. The Hall–Kier alpha value is -1.55. The van der Waals surface area contributed by atoms with E-state index in [2.05, 4.69) is 6.92 Å². The molecule has 0 N–H and O–H groups in total. The second-order valence-electron chi connectivity index (χ2n) is 5.98. The molecule has 4 nitrogen and oxygen atoms in total. The Morgan fingerprint density at radius 3 is 2.64 bits per heavy atom. The fourth-order valence-corrected chi connectivity index (χ4v) is 3.25. The maximum absolute atomic E-state index is 12.9. The number of hydrogen-bond donors (Lipinski definition) is 0. The lowest BCUT2D eigenvalue weighted by molar-refractivity contribution is -0.135. The topological polar surface area (TPSA) is 38.8 Å². The Morgan fingerprint density at radius 1 is 1.32 bits per heavy atom. The molecule has 4 heteroatoms. The Kier molecular flexibility index (Phi) is 6.25. The largest absolute Gasteiger partial charge is 0.497 e. The SMILES string of the molecule is CC[C@@H](C(=O)N1CCC[C@H](COC)C1)c1ccc(OC)cc1. The quantitative estimate of drug-likeness (QED) is 0.811. The Balaban J connectivity index is 2.07. The van der Waals surface area contributed by atoms with Crippen molar-refractivity contribution in [1.29, 1.82) is 0 Å². The molecule has 2 rings (SSSR count). The van der Waals surface area contributed by atoms with Crippen LogP contribution in [0, 0.1) is 5.92 Å². The minimum absolute atomic E-state index is 0.0628. The van der Waals surface area contributed by atoms with E-state index >= 15 is 0 Å². The van der Waals surface area contributed by atoms with Crippen molar-refractivity contribution in [1.82, 2.24) is 4.90 Å². The van der Waals surface area contributed by atoms with Crippen molar-refractivity contribution in [3.63, 3.8) is 0 Å². The van der Waals surface area contributed by atoms with Gasteiger partial charge in [0.25, 0.3) is 0 Å². The van der Waals surface area contributed by atoms with Crippen LogP contribution in [0.4, 0.5) is 0 Å². The summed E-state index contributed by atoms with van der Waals surface area (Å²) < 4.78 is 10.4. The van der Waals surface area contributed by atoms with Gasteiger partial charge in [0.05, 0.1) is 19.6 Å². The van der Waals surface area contributed by atoms with Gasteiger partial charge in [0.1, 0.15) is 5.75 Å². The standard InChI is InChI=1S/C18H27NO3/c1-4-17(15-7-9-16(22-3)10-8-15)18(20)19-11-5-6-14(12-19)13-21-2/h7-10,14,17H,4-6,11-13H2,1-3H3/t14-,17+/m0/s1. The van der Waals surface area contributed by atoms with Gasteiger partial charge in [-0.15, -0.1) is 0 Å². The number of amides is 1. The Labute approximate surface area is 133 Å². The normalized spacial score (nSPS) is 19.8. The molecule has 2 atom stereocenters. The zero-order chi connectivity index (χ0) is 15.9. The molecule has 1 aliphatic heterocycles. The third-order valence-corrected chi connectivity index (χ3v) is 4.46.